The van der Waals surface area contributed by atoms with Crippen LogP contribution in [0.5, 0.6) is 0 Å². The lowest BCUT2D eigenvalue weighted by Gasteiger charge is -2.28. The number of aromatic nitrogens is 2. The Balaban J connectivity index is 1.74. The highest BCUT2D eigenvalue weighted by Gasteiger charge is 2.56. The number of aliphatic hydroxyl groups is 1. The minimum absolute atomic E-state index is 0.137. The van der Waals surface area contributed by atoms with E-state index in [9.17, 15) is 9.90 Å². The van der Waals surface area contributed by atoms with E-state index < -0.39 is 5.72 Å². The van der Waals surface area contributed by atoms with Crippen molar-refractivity contribution in [2.24, 2.45) is 7.05 Å². The number of para-hydroxylation sites is 1. The van der Waals surface area contributed by atoms with Crippen LogP contribution in [0.3, 0.4) is 0 Å². The van der Waals surface area contributed by atoms with Gasteiger partial charge in [0, 0.05) is 24.1 Å². The number of hydrogen-bond donors (Lipinski definition) is 1. The smallest absolute Gasteiger partial charge is 0.318 e. The molecule has 32 heavy (non-hydrogen) atoms. The first-order chi connectivity index (χ1) is 15.4. The summed E-state index contributed by atoms with van der Waals surface area (Å²) in [5, 5.41) is 12.8. The van der Waals surface area contributed by atoms with Gasteiger partial charge in [-0.3, -0.25) is 14.1 Å². The molecule has 7 heteroatoms. The number of benzene rings is 2. The molecule has 3 aromatic rings. The molecule has 1 aromatic heterocycles. The fourth-order valence-electron chi connectivity index (χ4n) is 5.09. The van der Waals surface area contributed by atoms with E-state index in [0.29, 0.717) is 17.3 Å². The highest BCUT2D eigenvalue weighted by molar-refractivity contribution is 6.30. The summed E-state index contributed by atoms with van der Waals surface area (Å²) >= 11 is 6.14. The van der Waals surface area contributed by atoms with E-state index in [2.05, 4.69) is 4.58 Å². The summed E-state index contributed by atoms with van der Waals surface area (Å²) in [4.78, 5) is 15.8. The Morgan fingerprint density at radius 3 is 2.47 bits per heavy atom. The predicted octanol–water partition coefficient (Wildman–Crippen LogP) is 3.79. The first-order valence-corrected chi connectivity index (χ1v) is 11.5. The lowest BCUT2D eigenvalue weighted by Crippen LogP contribution is -2.49. The molecule has 0 saturated heterocycles. The fraction of sp³-hybridized carbons (Fsp3) is 0.360. The number of rotatable bonds is 3. The van der Waals surface area contributed by atoms with Crippen molar-refractivity contribution in [3.8, 4) is 5.69 Å². The summed E-state index contributed by atoms with van der Waals surface area (Å²) in [6, 6.07) is 16.9. The molecule has 2 aromatic carbocycles. The second-order valence-corrected chi connectivity index (χ2v) is 9.15. The zero-order chi connectivity index (χ0) is 22.5. The van der Waals surface area contributed by atoms with Crippen LogP contribution in [0, 0.1) is 6.92 Å². The van der Waals surface area contributed by atoms with Gasteiger partial charge in [0.25, 0.3) is 11.6 Å². The summed E-state index contributed by atoms with van der Waals surface area (Å²) < 4.78 is 5.79. The SMILES string of the molecule is Cc1c(N2C3=[N+](CCCCC3)CC2(O)c2ccc(Cl)cc2)c(=O)n(-c2ccccc2)n1C. The molecule has 1 N–H and O–H groups in total. The molecule has 5 rings (SSSR count). The van der Waals surface area contributed by atoms with Crippen LogP contribution in [0.1, 0.15) is 36.9 Å². The van der Waals surface area contributed by atoms with Gasteiger partial charge >= 0.3 is 5.56 Å². The fourth-order valence-corrected chi connectivity index (χ4v) is 5.21. The lowest BCUT2D eigenvalue weighted by atomic mass is 10.00. The molecule has 2 aliphatic heterocycles. The summed E-state index contributed by atoms with van der Waals surface area (Å²) in [5.41, 5.74) is 1.37. The van der Waals surface area contributed by atoms with Crippen molar-refractivity contribution in [1.29, 1.82) is 0 Å². The normalized spacial score (nSPS) is 21.1. The molecule has 0 amide bonds. The summed E-state index contributed by atoms with van der Waals surface area (Å²) in [6.45, 7) is 3.24. The lowest BCUT2D eigenvalue weighted by molar-refractivity contribution is -0.534. The van der Waals surface area contributed by atoms with Crippen molar-refractivity contribution in [3.63, 3.8) is 0 Å². The van der Waals surface area contributed by atoms with Crippen molar-refractivity contribution in [2.75, 3.05) is 18.0 Å². The summed E-state index contributed by atoms with van der Waals surface area (Å²) in [6.07, 6.45) is 4.10. The quantitative estimate of drug-likeness (QED) is 0.616. The average molecular weight is 452 g/mol. The number of anilines is 1. The second kappa shape index (κ2) is 7.94. The molecule has 1 unspecified atom stereocenters. The molecule has 0 radical (unpaired) electrons. The Labute approximate surface area is 192 Å². The van der Waals surface area contributed by atoms with E-state index in [0.717, 1.165) is 55.0 Å². The van der Waals surface area contributed by atoms with Gasteiger partial charge in [0.05, 0.1) is 17.9 Å². The van der Waals surface area contributed by atoms with Crippen molar-refractivity contribution < 1.29 is 9.68 Å². The van der Waals surface area contributed by atoms with Crippen LogP contribution < -0.4 is 10.5 Å². The molecular weight excluding hydrogens is 424 g/mol. The Kier molecular flexibility index (Phi) is 5.22. The molecule has 6 nitrogen and oxygen atoms in total. The summed E-state index contributed by atoms with van der Waals surface area (Å²) in [7, 11) is 1.89. The Hall–Kier alpha value is -2.83. The van der Waals surface area contributed by atoms with E-state index in [1.165, 1.54) is 0 Å². The highest BCUT2D eigenvalue weighted by Crippen LogP contribution is 2.38. The third-order valence-corrected chi connectivity index (χ3v) is 7.04. The number of halogens is 1. The Bertz CT molecular complexity index is 1240. The van der Waals surface area contributed by atoms with E-state index in [-0.39, 0.29) is 5.56 Å². The van der Waals surface area contributed by atoms with Gasteiger partial charge in [-0.1, -0.05) is 41.9 Å². The van der Waals surface area contributed by atoms with Gasteiger partial charge in [-0.25, -0.2) is 4.68 Å². The molecule has 2 aliphatic rings. The minimum Gasteiger partial charge on any atom is -0.346 e. The van der Waals surface area contributed by atoms with Gasteiger partial charge in [0.2, 0.25) is 5.69 Å². The molecule has 0 aliphatic carbocycles. The van der Waals surface area contributed by atoms with E-state index >= 15 is 0 Å². The highest BCUT2D eigenvalue weighted by atomic mass is 35.5. The van der Waals surface area contributed by atoms with Gasteiger partial charge in [-0.2, -0.15) is 4.90 Å². The average Bonchev–Trinajstić information content (AvgIpc) is 3.05. The van der Waals surface area contributed by atoms with E-state index in [4.69, 9.17) is 11.6 Å². The topological polar surface area (TPSA) is 53.4 Å². The van der Waals surface area contributed by atoms with E-state index in [1.807, 2.05) is 66.0 Å². The molecular formula is C25H28ClN4O2+. The third-order valence-electron chi connectivity index (χ3n) is 6.79. The number of hydrogen-bond acceptors (Lipinski definition) is 3. The maximum absolute atomic E-state index is 13.9. The van der Waals surface area contributed by atoms with Crippen LogP contribution in [-0.4, -0.2) is 38.0 Å². The Morgan fingerprint density at radius 2 is 1.75 bits per heavy atom. The van der Waals surface area contributed by atoms with Gasteiger partial charge < -0.3 is 5.11 Å². The first-order valence-electron chi connectivity index (χ1n) is 11.2. The molecule has 0 bridgehead atoms. The first kappa shape index (κ1) is 21.0. The van der Waals surface area contributed by atoms with Crippen molar-refractivity contribution >= 4 is 23.1 Å². The second-order valence-electron chi connectivity index (χ2n) is 8.72. The third kappa shape index (κ3) is 3.21. The van der Waals surface area contributed by atoms with Crippen LogP contribution in [-0.2, 0) is 12.8 Å². The Morgan fingerprint density at radius 1 is 1.03 bits per heavy atom. The van der Waals surface area contributed by atoms with Crippen molar-refractivity contribution in [2.45, 2.75) is 38.3 Å². The van der Waals surface area contributed by atoms with Crippen LogP contribution in [0.15, 0.2) is 59.4 Å². The maximum atomic E-state index is 13.9. The number of nitrogens with zero attached hydrogens (tertiary/aromatic N) is 4. The van der Waals surface area contributed by atoms with Crippen molar-refractivity contribution in [1.82, 2.24) is 9.36 Å². The summed E-state index contributed by atoms with van der Waals surface area (Å²) in [5.74, 6) is 1.02. The predicted molar refractivity (Wildman–Crippen MR) is 127 cm³/mol. The molecule has 0 saturated carbocycles. The molecule has 3 heterocycles. The number of amidine groups is 1. The monoisotopic (exact) mass is 451 g/mol. The maximum Gasteiger partial charge on any atom is 0.318 e. The molecule has 1 atom stereocenters. The van der Waals surface area contributed by atoms with E-state index in [1.54, 1.807) is 16.8 Å². The standard InChI is InChI=1S/C25H28ClN4O2/c1-18-23(24(31)30(27(18)2)21-9-5-3-6-10-21)29-22-11-7-4-8-16-28(22)17-25(29,32)19-12-14-20(26)15-13-19/h3,5-6,9-10,12-15,32H,4,7-8,11,16-17H2,1-2H3/q+1. The van der Waals surface area contributed by atoms with Crippen LogP contribution in [0.2, 0.25) is 5.02 Å². The van der Waals surface area contributed by atoms with Crippen molar-refractivity contribution in [3.05, 3.63) is 81.2 Å². The minimum atomic E-state index is -1.35. The van der Waals surface area contributed by atoms with Gasteiger partial charge in [-0.15, -0.1) is 0 Å². The molecule has 0 spiro atoms. The van der Waals surface area contributed by atoms with Crippen LogP contribution in [0.4, 0.5) is 5.69 Å². The zero-order valence-electron chi connectivity index (χ0n) is 18.5. The van der Waals surface area contributed by atoms with Gasteiger partial charge in [-0.05, 0) is 50.5 Å². The molecule has 166 valence electrons. The van der Waals surface area contributed by atoms with Gasteiger partial charge in [0.15, 0.2) is 6.54 Å². The van der Waals surface area contributed by atoms with Gasteiger partial charge in [0.1, 0.15) is 0 Å². The molecule has 0 fully saturated rings. The largest absolute Gasteiger partial charge is 0.346 e. The zero-order valence-corrected chi connectivity index (χ0v) is 19.2. The van der Waals surface area contributed by atoms with Crippen LogP contribution in [0.25, 0.3) is 5.69 Å². The van der Waals surface area contributed by atoms with Crippen LogP contribution >= 0.6 is 11.6 Å².